The molecule has 4 rings (SSSR count). The molecule has 0 aromatic rings. The Kier molecular flexibility index (Phi) is 3.66. The lowest BCUT2D eigenvalue weighted by molar-refractivity contribution is -0.134. The van der Waals surface area contributed by atoms with Gasteiger partial charge in [-0.2, -0.15) is 0 Å². The summed E-state index contributed by atoms with van der Waals surface area (Å²) < 4.78 is 0. The lowest BCUT2D eigenvalue weighted by Gasteiger charge is -2.57. The molecule has 22 heavy (non-hydrogen) atoms. The lowest BCUT2D eigenvalue weighted by Crippen LogP contribution is -2.53. The van der Waals surface area contributed by atoms with E-state index in [4.69, 9.17) is 0 Å². The van der Waals surface area contributed by atoms with Gasteiger partial charge in [0, 0.05) is 0 Å². The number of hydrogen-bond donors (Lipinski definition) is 2. The molecule has 0 aromatic carbocycles. The molecule has 2 nitrogen and oxygen atoms in total. The SMILES string of the molecule is CC[C@]1(O)CC[C@H]2[C@@H]3CC[C@H]4C[C@@H](O)CC[C@@H]4[C@@H]3CC[C@@]21C. The molecule has 0 bridgehead atoms. The molecule has 0 saturated heterocycles. The molecule has 0 spiro atoms. The number of rotatable bonds is 1. The Morgan fingerprint density at radius 1 is 0.909 bits per heavy atom. The van der Waals surface area contributed by atoms with Crippen LogP contribution in [0.2, 0.25) is 0 Å². The first-order valence-corrected chi connectivity index (χ1v) is 9.89. The van der Waals surface area contributed by atoms with Gasteiger partial charge in [0.1, 0.15) is 0 Å². The fourth-order valence-corrected chi connectivity index (χ4v) is 7.52. The van der Waals surface area contributed by atoms with Crippen LogP contribution in [0.5, 0.6) is 0 Å². The quantitative estimate of drug-likeness (QED) is 0.764. The van der Waals surface area contributed by atoms with Gasteiger partial charge in [-0.25, -0.2) is 0 Å². The van der Waals surface area contributed by atoms with Crippen LogP contribution in [0.15, 0.2) is 0 Å². The van der Waals surface area contributed by atoms with Crippen LogP contribution in [0.3, 0.4) is 0 Å². The van der Waals surface area contributed by atoms with E-state index in [0.717, 1.165) is 55.3 Å². The summed E-state index contributed by atoms with van der Waals surface area (Å²) in [6, 6.07) is 0. The van der Waals surface area contributed by atoms with Crippen molar-refractivity contribution in [3.05, 3.63) is 0 Å². The molecule has 0 unspecified atom stereocenters. The van der Waals surface area contributed by atoms with Gasteiger partial charge in [0.25, 0.3) is 0 Å². The van der Waals surface area contributed by atoms with Gasteiger partial charge in [0.05, 0.1) is 11.7 Å². The molecule has 0 aromatic heterocycles. The third kappa shape index (κ3) is 1.99. The zero-order valence-electron chi connectivity index (χ0n) is 14.4. The Morgan fingerprint density at radius 3 is 2.45 bits per heavy atom. The number of aliphatic hydroxyl groups excluding tert-OH is 1. The predicted molar refractivity (Wildman–Crippen MR) is 88.4 cm³/mol. The van der Waals surface area contributed by atoms with Crippen LogP contribution >= 0.6 is 0 Å². The maximum absolute atomic E-state index is 11.2. The van der Waals surface area contributed by atoms with Crippen LogP contribution in [-0.2, 0) is 0 Å². The molecule has 4 aliphatic rings. The normalized spacial score (nSPS) is 57.8. The topological polar surface area (TPSA) is 40.5 Å². The third-order valence-electron chi connectivity index (χ3n) is 8.83. The largest absolute Gasteiger partial charge is 0.393 e. The number of hydrogen-bond acceptors (Lipinski definition) is 2. The first-order chi connectivity index (χ1) is 10.5. The molecule has 0 radical (unpaired) electrons. The highest BCUT2D eigenvalue weighted by Gasteiger charge is 2.61. The Hall–Kier alpha value is -0.0800. The molecule has 4 aliphatic carbocycles. The highest BCUT2D eigenvalue weighted by atomic mass is 16.3. The van der Waals surface area contributed by atoms with Crippen LogP contribution in [0.4, 0.5) is 0 Å². The average molecular weight is 306 g/mol. The average Bonchev–Trinajstić information content (AvgIpc) is 2.79. The fourth-order valence-electron chi connectivity index (χ4n) is 7.52. The minimum Gasteiger partial charge on any atom is -0.393 e. The second kappa shape index (κ2) is 5.21. The molecule has 0 aliphatic heterocycles. The number of aliphatic hydroxyl groups is 2. The standard InChI is InChI=1S/C20H34O2/c1-3-20(22)11-9-18-17-6-4-13-12-14(21)5-7-15(13)16(17)8-10-19(18,20)2/h13-18,21-22H,3-12H2,1-2H3/t13-,14-,15-,16-,17+,18-,19-,20-/m0/s1. The number of fused-ring (bicyclic) bond motifs is 5. The maximum atomic E-state index is 11.2. The van der Waals surface area contributed by atoms with E-state index in [2.05, 4.69) is 13.8 Å². The summed E-state index contributed by atoms with van der Waals surface area (Å²) >= 11 is 0. The van der Waals surface area contributed by atoms with Gasteiger partial charge in [0.2, 0.25) is 0 Å². The Labute approximate surface area is 135 Å². The summed E-state index contributed by atoms with van der Waals surface area (Å²) in [6.07, 6.45) is 11.8. The van der Waals surface area contributed by atoms with Crippen molar-refractivity contribution in [3.8, 4) is 0 Å². The molecule has 8 atom stereocenters. The van der Waals surface area contributed by atoms with Gasteiger partial charge in [-0.3, -0.25) is 0 Å². The maximum Gasteiger partial charge on any atom is 0.0701 e. The Balaban J connectivity index is 1.58. The summed E-state index contributed by atoms with van der Waals surface area (Å²) in [5.74, 6) is 4.17. The van der Waals surface area contributed by atoms with Gasteiger partial charge < -0.3 is 10.2 Å². The van der Waals surface area contributed by atoms with Crippen molar-refractivity contribution in [1.82, 2.24) is 0 Å². The van der Waals surface area contributed by atoms with Gasteiger partial charge in [-0.1, -0.05) is 13.8 Å². The van der Waals surface area contributed by atoms with Crippen LogP contribution < -0.4 is 0 Å². The van der Waals surface area contributed by atoms with E-state index in [9.17, 15) is 10.2 Å². The highest BCUT2D eigenvalue weighted by molar-refractivity contribution is 5.11. The van der Waals surface area contributed by atoms with Crippen LogP contribution in [0.25, 0.3) is 0 Å². The first kappa shape index (κ1) is 15.4. The smallest absolute Gasteiger partial charge is 0.0701 e. The Bertz CT molecular complexity index is 435. The van der Waals surface area contributed by atoms with E-state index >= 15 is 0 Å². The van der Waals surface area contributed by atoms with E-state index in [1.807, 2.05) is 0 Å². The lowest BCUT2D eigenvalue weighted by atomic mass is 9.49. The first-order valence-electron chi connectivity index (χ1n) is 9.89. The highest BCUT2D eigenvalue weighted by Crippen LogP contribution is 2.65. The minimum absolute atomic E-state index is 0.0247. The molecule has 2 N–H and O–H groups in total. The van der Waals surface area contributed by atoms with Crippen molar-refractivity contribution in [2.24, 2.45) is 35.0 Å². The van der Waals surface area contributed by atoms with Crippen molar-refractivity contribution in [3.63, 3.8) is 0 Å². The zero-order chi connectivity index (χ0) is 15.5. The predicted octanol–water partition coefficient (Wildman–Crippen LogP) is 4.14. The van der Waals surface area contributed by atoms with Crippen molar-refractivity contribution < 1.29 is 10.2 Å². The van der Waals surface area contributed by atoms with Crippen molar-refractivity contribution in [2.75, 3.05) is 0 Å². The summed E-state index contributed by atoms with van der Waals surface area (Å²) in [5, 5.41) is 21.2. The van der Waals surface area contributed by atoms with E-state index in [1.165, 1.54) is 38.5 Å². The molecule has 126 valence electrons. The van der Waals surface area contributed by atoms with Crippen LogP contribution in [0, 0.1) is 35.0 Å². The molecule has 0 amide bonds. The van der Waals surface area contributed by atoms with Gasteiger partial charge in [-0.05, 0) is 99.2 Å². The summed E-state index contributed by atoms with van der Waals surface area (Å²) in [4.78, 5) is 0. The van der Waals surface area contributed by atoms with Crippen molar-refractivity contribution in [1.29, 1.82) is 0 Å². The molecule has 0 heterocycles. The van der Waals surface area contributed by atoms with Crippen molar-refractivity contribution in [2.45, 2.75) is 89.8 Å². The van der Waals surface area contributed by atoms with E-state index < -0.39 is 5.60 Å². The molecule has 2 heteroatoms. The second-order valence-electron chi connectivity index (χ2n) is 9.28. The van der Waals surface area contributed by atoms with Gasteiger partial charge in [0.15, 0.2) is 0 Å². The second-order valence-corrected chi connectivity index (χ2v) is 9.28. The summed E-state index contributed by atoms with van der Waals surface area (Å²) in [6.45, 7) is 4.58. The molecular formula is C20H34O2. The molecular weight excluding hydrogens is 272 g/mol. The zero-order valence-corrected chi connectivity index (χ0v) is 14.4. The van der Waals surface area contributed by atoms with Crippen molar-refractivity contribution >= 4 is 0 Å². The van der Waals surface area contributed by atoms with E-state index in [-0.39, 0.29) is 11.5 Å². The fraction of sp³-hybridized carbons (Fsp3) is 1.00. The Morgan fingerprint density at radius 2 is 1.68 bits per heavy atom. The van der Waals surface area contributed by atoms with Crippen LogP contribution in [0.1, 0.15) is 78.1 Å². The molecule has 4 saturated carbocycles. The molecule has 4 fully saturated rings. The van der Waals surface area contributed by atoms with E-state index in [1.54, 1.807) is 0 Å². The summed E-state index contributed by atoms with van der Waals surface area (Å²) in [5.41, 5.74) is -0.230. The summed E-state index contributed by atoms with van der Waals surface area (Å²) in [7, 11) is 0. The monoisotopic (exact) mass is 306 g/mol. The van der Waals surface area contributed by atoms with Crippen LogP contribution in [-0.4, -0.2) is 21.9 Å². The van der Waals surface area contributed by atoms with Gasteiger partial charge in [-0.15, -0.1) is 0 Å². The third-order valence-corrected chi connectivity index (χ3v) is 8.83. The van der Waals surface area contributed by atoms with E-state index in [0.29, 0.717) is 0 Å². The minimum atomic E-state index is -0.401. The van der Waals surface area contributed by atoms with Gasteiger partial charge >= 0.3 is 0 Å².